The van der Waals surface area contributed by atoms with Gasteiger partial charge in [0.05, 0.1) is 0 Å². The molecule has 2 aromatic heterocycles. The molecule has 0 radical (unpaired) electrons. The Balaban J connectivity index is 1.45. The van der Waals surface area contributed by atoms with Gasteiger partial charge in [-0.1, -0.05) is 12.1 Å². The van der Waals surface area contributed by atoms with Gasteiger partial charge in [-0.2, -0.15) is 0 Å². The second-order valence-electron chi connectivity index (χ2n) is 6.24. The van der Waals surface area contributed by atoms with Crippen molar-refractivity contribution in [1.29, 1.82) is 0 Å². The lowest BCUT2D eigenvalue weighted by Gasteiger charge is -2.35. The molecule has 1 N–H and O–H groups in total. The van der Waals surface area contributed by atoms with Gasteiger partial charge in [-0.05, 0) is 45.8 Å². The molecule has 1 aliphatic rings. The summed E-state index contributed by atoms with van der Waals surface area (Å²) in [7, 11) is 0. The molecule has 0 saturated carbocycles. The van der Waals surface area contributed by atoms with Crippen LogP contribution in [0.3, 0.4) is 0 Å². The predicted molar refractivity (Wildman–Crippen MR) is 103 cm³/mol. The fourth-order valence-electron chi connectivity index (χ4n) is 3.29. The van der Waals surface area contributed by atoms with E-state index in [0.717, 1.165) is 48.4 Å². The zero-order chi connectivity index (χ0) is 17.2. The third-order valence-electron chi connectivity index (χ3n) is 4.64. The third kappa shape index (κ3) is 3.45. The summed E-state index contributed by atoms with van der Waals surface area (Å²) in [6, 6.07) is 11.8. The lowest BCUT2D eigenvalue weighted by atomic mass is 10.1. The number of piperazine rings is 1. The average molecular weight is 399 g/mol. The van der Waals surface area contributed by atoms with Crippen molar-refractivity contribution in [2.24, 2.45) is 0 Å². The molecule has 3 heterocycles. The lowest BCUT2D eigenvalue weighted by Crippen LogP contribution is -2.46. The average Bonchev–Trinajstić information content (AvgIpc) is 2.66. The van der Waals surface area contributed by atoms with Crippen LogP contribution in [0.25, 0.3) is 10.9 Å². The number of halogens is 1. The quantitative estimate of drug-likeness (QED) is 0.732. The Labute approximate surface area is 155 Å². The molecule has 1 aromatic carbocycles. The summed E-state index contributed by atoms with van der Waals surface area (Å²) in [4.78, 5) is 13.5. The van der Waals surface area contributed by atoms with Gasteiger partial charge in [-0.25, -0.2) is 4.98 Å². The third-order valence-corrected chi connectivity index (χ3v) is 5.11. The van der Waals surface area contributed by atoms with E-state index in [0.29, 0.717) is 5.52 Å². The molecule has 0 spiro atoms. The summed E-state index contributed by atoms with van der Waals surface area (Å²) >= 11 is 3.43. The van der Waals surface area contributed by atoms with Gasteiger partial charge in [-0.3, -0.25) is 9.88 Å². The van der Waals surface area contributed by atoms with E-state index in [1.165, 1.54) is 5.56 Å². The van der Waals surface area contributed by atoms with E-state index in [4.69, 9.17) is 0 Å². The number of phenolic OH excluding ortho intramolecular Hbond substituents is 1. The van der Waals surface area contributed by atoms with Crippen LogP contribution in [0.4, 0.5) is 5.82 Å². The van der Waals surface area contributed by atoms with Gasteiger partial charge in [-0.15, -0.1) is 0 Å². The van der Waals surface area contributed by atoms with E-state index in [1.807, 2.05) is 30.5 Å². The number of benzene rings is 1. The van der Waals surface area contributed by atoms with Gasteiger partial charge in [0.1, 0.15) is 17.1 Å². The van der Waals surface area contributed by atoms with Crippen LogP contribution in [0.1, 0.15) is 5.56 Å². The first-order valence-electron chi connectivity index (χ1n) is 8.35. The van der Waals surface area contributed by atoms with Crippen molar-refractivity contribution in [3.05, 3.63) is 58.8 Å². The SMILES string of the molecule is Oc1ccc(CN2CCN(c3ccc(Br)cn3)CC2)c2cccnc12. The highest BCUT2D eigenvalue weighted by atomic mass is 79.9. The zero-order valence-corrected chi connectivity index (χ0v) is 15.4. The van der Waals surface area contributed by atoms with Crippen molar-refractivity contribution < 1.29 is 5.11 Å². The molecule has 0 atom stereocenters. The van der Waals surface area contributed by atoms with Crippen LogP contribution in [0.5, 0.6) is 5.75 Å². The van der Waals surface area contributed by atoms with Gasteiger partial charge < -0.3 is 10.0 Å². The maximum atomic E-state index is 9.99. The normalized spacial score (nSPS) is 15.6. The number of phenols is 1. The van der Waals surface area contributed by atoms with Crippen molar-refractivity contribution in [2.45, 2.75) is 6.54 Å². The Bertz CT molecular complexity index is 876. The van der Waals surface area contributed by atoms with E-state index in [-0.39, 0.29) is 5.75 Å². The van der Waals surface area contributed by atoms with Crippen LogP contribution in [0.15, 0.2) is 53.3 Å². The van der Waals surface area contributed by atoms with Gasteiger partial charge in [0.15, 0.2) is 0 Å². The maximum absolute atomic E-state index is 9.99. The fraction of sp³-hybridized carbons (Fsp3) is 0.263. The minimum absolute atomic E-state index is 0.241. The number of pyridine rings is 2. The molecule has 6 heteroatoms. The minimum Gasteiger partial charge on any atom is -0.506 e. The van der Waals surface area contributed by atoms with Crippen LogP contribution in [-0.4, -0.2) is 46.2 Å². The first-order chi connectivity index (χ1) is 12.2. The summed E-state index contributed by atoms with van der Waals surface area (Å²) in [5.74, 6) is 1.27. The molecule has 5 nitrogen and oxygen atoms in total. The van der Waals surface area contributed by atoms with Crippen LogP contribution >= 0.6 is 15.9 Å². The largest absolute Gasteiger partial charge is 0.506 e. The van der Waals surface area contributed by atoms with E-state index in [2.05, 4.69) is 41.8 Å². The van der Waals surface area contributed by atoms with E-state index in [9.17, 15) is 5.11 Å². The molecule has 0 unspecified atom stereocenters. The van der Waals surface area contributed by atoms with E-state index < -0.39 is 0 Å². The summed E-state index contributed by atoms with van der Waals surface area (Å²) in [6.45, 7) is 4.76. The highest BCUT2D eigenvalue weighted by molar-refractivity contribution is 9.10. The number of nitrogens with zero attached hydrogens (tertiary/aromatic N) is 4. The van der Waals surface area contributed by atoms with Crippen molar-refractivity contribution in [1.82, 2.24) is 14.9 Å². The van der Waals surface area contributed by atoms with Crippen molar-refractivity contribution in [3.8, 4) is 5.75 Å². The number of hydrogen-bond donors (Lipinski definition) is 1. The Kier molecular flexibility index (Phi) is 4.55. The van der Waals surface area contributed by atoms with Gasteiger partial charge in [0, 0.05) is 55.0 Å². The molecular weight excluding hydrogens is 380 g/mol. The fourth-order valence-corrected chi connectivity index (χ4v) is 3.52. The zero-order valence-electron chi connectivity index (χ0n) is 13.8. The maximum Gasteiger partial charge on any atom is 0.141 e. The van der Waals surface area contributed by atoms with Gasteiger partial charge in [0.25, 0.3) is 0 Å². The summed E-state index contributed by atoms with van der Waals surface area (Å²) in [5, 5.41) is 11.0. The second-order valence-corrected chi connectivity index (χ2v) is 7.16. The minimum atomic E-state index is 0.241. The second kappa shape index (κ2) is 6.98. The highest BCUT2D eigenvalue weighted by Crippen LogP contribution is 2.26. The van der Waals surface area contributed by atoms with Crippen LogP contribution in [-0.2, 0) is 6.54 Å². The molecule has 0 aliphatic carbocycles. The monoisotopic (exact) mass is 398 g/mol. The first kappa shape index (κ1) is 16.3. The molecule has 0 bridgehead atoms. The molecule has 1 aliphatic heterocycles. The first-order valence-corrected chi connectivity index (χ1v) is 9.14. The molecule has 1 saturated heterocycles. The molecule has 0 amide bonds. The van der Waals surface area contributed by atoms with Crippen LogP contribution in [0, 0.1) is 0 Å². The number of fused-ring (bicyclic) bond motifs is 1. The van der Waals surface area contributed by atoms with Crippen LogP contribution < -0.4 is 4.90 Å². The Morgan fingerprint density at radius 3 is 2.60 bits per heavy atom. The Hall–Kier alpha value is -2.18. The Morgan fingerprint density at radius 1 is 1.00 bits per heavy atom. The van der Waals surface area contributed by atoms with E-state index in [1.54, 1.807) is 12.3 Å². The number of aromatic hydroxyl groups is 1. The Morgan fingerprint density at radius 2 is 1.84 bits per heavy atom. The van der Waals surface area contributed by atoms with Crippen molar-refractivity contribution in [3.63, 3.8) is 0 Å². The van der Waals surface area contributed by atoms with Gasteiger partial charge in [0.2, 0.25) is 0 Å². The molecular formula is C19H19BrN4O. The standard InChI is InChI=1S/C19H19BrN4O/c20-15-4-6-18(22-12-15)24-10-8-23(9-11-24)13-14-3-5-17(25)19-16(14)2-1-7-21-19/h1-7,12,25H,8-11,13H2. The predicted octanol–water partition coefficient (Wildman–Crippen LogP) is 3.42. The molecule has 3 aromatic rings. The highest BCUT2D eigenvalue weighted by Gasteiger charge is 2.19. The van der Waals surface area contributed by atoms with E-state index >= 15 is 0 Å². The van der Waals surface area contributed by atoms with Crippen molar-refractivity contribution >= 4 is 32.7 Å². The topological polar surface area (TPSA) is 52.5 Å². The number of rotatable bonds is 3. The molecule has 1 fully saturated rings. The lowest BCUT2D eigenvalue weighted by molar-refractivity contribution is 0.250. The van der Waals surface area contributed by atoms with Crippen molar-refractivity contribution in [2.75, 3.05) is 31.1 Å². The molecule has 128 valence electrons. The molecule has 25 heavy (non-hydrogen) atoms. The van der Waals surface area contributed by atoms with Crippen LogP contribution in [0.2, 0.25) is 0 Å². The number of aromatic nitrogens is 2. The summed E-state index contributed by atoms with van der Waals surface area (Å²) < 4.78 is 1.00. The smallest absolute Gasteiger partial charge is 0.141 e. The number of anilines is 1. The number of hydrogen-bond acceptors (Lipinski definition) is 5. The summed E-state index contributed by atoms with van der Waals surface area (Å²) in [6.07, 6.45) is 3.56. The summed E-state index contributed by atoms with van der Waals surface area (Å²) in [5.41, 5.74) is 1.88. The van der Waals surface area contributed by atoms with Gasteiger partial charge >= 0.3 is 0 Å². The molecule has 4 rings (SSSR count).